The van der Waals surface area contributed by atoms with Crippen molar-refractivity contribution in [1.82, 2.24) is 4.57 Å². The molecule has 2 N–H and O–H groups in total. The van der Waals surface area contributed by atoms with Gasteiger partial charge in [0, 0.05) is 0 Å². The lowest BCUT2D eigenvalue weighted by atomic mass is 10.1. The highest BCUT2D eigenvalue weighted by molar-refractivity contribution is 5.71. The number of hydrogen-bond acceptors (Lipinski definition) is 0. The van der Waals surface area contributed by atoms with E-state index in [0.717, 1.165) is 13.1 Å². The van der Waals surface area contributed by atoms with Gasteiger partial charge in [-0.2, -0.15) is 0 Å². The molecule has 140 valence electrons. The van der Waals surface area contributed by atoms with Crippen LogP contribution in [0.3, 0.4) is 0 Å². The van der Waals surface area contributed by atoms with Gasteiger partial charge in [0.2, 0.25) is 6.33 Å². The fraction of sp³-hybridized carbons (Fsp3) is 0.174. The number of rotatable bonds is 4. The Bertz CT molecular complexity index is 923. The Morgan fingerprint density at radius 1 is 0.741 bits per heavy atom. The maximum absolute atomic E-state index is 2.34. The van der Waals surface area contributed by atoms with E-state index >= 15 is 0 Å². The van der Waals surface area contributed by atoms with Crippen LogP contribution in [0.25, 0.3) is 11.0 Å². The van der Waals surface area contributed by atoms with Crippen molar-refractivity contribution in [2.24, 2.45) is 0 Å². The number of halogens is 1. The lowest BCUT2D eigenvalue weighted by molar-refractivity contribution is -0.663. The van der Waals surface area contributed by atoms with Crippen molar-refractivity contribution in [3.05, 3.63) is 101 Å². The maximum Gasteiger partial charge on any atom is 0.245 e. The van der Waals surface area contributed by atoms with Crippen LogP contribution < -0.4 is 17.0 Å². The monoisotopic (exact) mass is 380 g/mol. The Labute approximate surface area is 166 Å². The summed E-state index contributed by atoms with van der Waals surface area (Å²) >= 11 is 0. The molecular weight excluding hydrogens is 356 g/mol. The standard InChI is InChI=1S/C23H23N2.ClH.H2O/c1-18-7-11-20(12-8-18)15-24-17-25(23-6-4-3-5-22(23)24)16-21-13-9-19(2)10-14-21;;/h3-14,17H,15-16H2,1-2H3;1H;1H2/q+1;;/p-1. The SMILES string of the molecule is Cc1ccc(Cn2c[n+](Cc3ccc(C)cc3)c3ccccc32)cc1.O.[Cl-]. The van der Waals surface area contributed by atoms with Crippen LogP contribution >= 0.6 is 0 Å². The number of benzene rings is 3. The van der Waals surface area contributed by atoms with Crippen LogP contribution in [-0.2, 0) is 13.1 Å². The van der Waals surface area contributed by atoms with E-state index in [0.29, 0.717) is 0 Å². The first-order chi connectivity index (χ1) is 12.2. The Morgan fingerprint density at radius 2 is 1.30 bits per heavy atom. The first-order valence-corrected chi connectivity index (χ1v) is 8.77. The van der Waals surface area contributed by atoms with Gasteiger partial charge in [-0.15, -0.1) is 0 Å². The molecule has 27 heavy (non-hydrogen) atoms. The highest BCUT2D eigenvalue weighted by Crippen LogP contribution is 2.14. The summed E-state index contributed by atoms with van der Waals surface area (Å²) in [6.45, 7) is 6.04. The fourth-order valence-electron chi connectivity index (χ4n) is 3.27. The molecule has 3 aromatic carbocycles. The molecule has 0 spiro atoms. The third kappa shape index (κ3) is 4.57. The minimum atomic E-state index is 0. The molecule has 4 aromatic rings. The summed E-state index contributed by atoms with van der Waals surface area (Å²) in [6.07, 6.45) is 2.24. The second-order valence-corrected chi connectivity index (χ2v) is 6.83. The Balaban J connectivity index is 0.00000131. The second-order valence-electron chi connectivity index (χ2n) is 6.83. The molecule has 3 nitrogen and oxygen atoms in total. The predicted octanol–water partition coefficient (Wildman–Crippen LogP) is 0.822. The summed E-state index contributed by atoms with van der Waals surface area (Å²) in [5.41, 5.74) is 7.80. The van der Waals surface area contributed by atoms with E-state index in [-0.39, 0.29) is 17.9 Å². The van der Waals surface area contributed by atoms with Gasteiger partial charge in [0.05, 0.1) is 0 Å². The molecule has 0 radical (unpaired) electrons. The number of para-hydroxylation sites is 2. The van der Waals surface area contributed by atoms with E-state index in [1.807, 2.05) is 0 Å². The van der Waals surface area contributed by atoms with E-state index < -0.39 is 0 Å². The van der Waals surface area contributed by atoms with E-state index in [1.165, 1.54) is 33.3 Å². The average molecular weight is 381 g/mol. The molecule has 0 fully saturated rings. The van der Waals surface area contributed by atoms with Crippen molar-refractivity contribution in [2.75, 3.05) is 0 Å². The summed E-state index contributed by atoms with van der Waals surface area (Å²) in [5, 5.41) is 0. The molecule has 1 heterocycles. The first kappa shape index (κ1) is 20.7. The number of hydrogen-bond donors (Lipinski definition) is 0. The highest BCUT2D eigenvalue weighted by Gasteiger charge is 2.15. The summed E-state index contributed by atoms with van der Waals surface area (Å²) in [6, 6.07) is 26.2. The minimum absolute atomic E-state index is 0. The lowest BCUT2D eigenvalue weighted by Crippen LogP contribution is -3.00. The van der Waals surface area contributed by atoms with Crippen LogP contribution in [-0.4, -0.2) is 10.0 Å². The van der Waals surface area contributed by atoms with Gasteiger partial charge < -0.3 is 17.9 Å². The Hall–Kier alpha value is -2.62. The van der Waals surface area contributed by atoms with E-state index in [4.69, 9.17) is 0 Å². The average Bonchev–Trinajstić information content (AvgIpc) is 2.97. The van der Waals surface area contributed by atoms with Crippen molar-refractivity contribution in [2.45, 2.75) is 26.9 Å². The Kier molecular flexibility index (Phi) is 6.78. The van der Waals surface area contributed by atoms with Crippen LogP contribution in [0.4, 0.5) is 0 Å². The zero-order valence-corrected chi connectivity index (χ0v) is 16.4. The summed E-state index contributed by atoms with van der Waals surface area (Å²) in [4.78, 5) is 0. The summed E-state index contributed by atoms with van der Waals surface area (Å²) < 4.78 is 4.68. The van der Waals surface area contributed by atoms with Gasteiger partial charge in [0.25, 0.3) is 0 Å². The molecule has 0 aliphatic carbocycles. The fourth-order valence-corrected chi connectivity index (χ4v) is 3.27. The van der Waals surface area contributed by atoms with Gasteiger partial charge in [-0.25, -0.2) is 9.13 Å². The molecule has 0 atom stereocenters. The van der Waals surface area contributed by atoms with Gasteiger partial charge in [-0.1, -0.05) is 71.8 Å². The largest absolute Gasteiger partial charge is 1.00 e. The minimum Gasteiger partial charge on any atom is -1.00 e. The van der Waals surface area contributed by atoms with Gasteiger partial charge in [0.15, 0.2) is 11.0 Å². The van der Waals surface area contributed by atoms with Crippen LogP contribution in [0.1, 0.15) is 22.3 Å². The second kappa shape index (κ2) is 8.85. The van der Waals surface area contributed by atoms with Gasteiger partial charge in [-0.3, -0.25) is 0 Å². The zero-order chi connectivity index (χ0) is 17.2. The lowest BCUT2D eigenvalue weighted by Gasteiger charge is -2.00. The number of nitrogens with zero attached hydrogens (tertiary/aromatic N) is 2. The zero-order valence-electron chi connectivity index (χ0n) is 15.7. The van der Waals surface area contributed by atoms with Crippen molar-refractivity contribution >= 4 is 11.0 Å². The molecule has 0 amide bonds. The number of aromatic nitrogens is 2. The summed E-state index contributed by atoms with van der Waals surface area (Å²) in [7, 11) is 0. The molecule has 4 rings (SSSR count). The smallest absolute Gasteiger partial charge is 0.245 e. The maximum atomic E-state index is 2.34. The molecule has 1 aromatic heterocycles. The number of imidazole rings is 1. The van der Waals surface area contributed by atoms with Crippen molar-refractivity contribution in [1.29, 1.82) is 0 Å². The topological polar surface area (TPSA) is 40.3 Å². The number of fused-ring (bicyclic) bond motifs is 1. The predicted molar refractivity (Wildman–Crippen MR) is 106 cm³/mol. The van der Waals surface area contributed by atoms with E-state index in [2.05, 4.69) is 102 Å². The van der Waals surface area contributed by atoms with E-state index in [1.54, 1.807) is 0 Å². The van der Waals surface area contributed by atoms with Gasteiger partial charge in [-0.05, 0) is 37.1 Å². The van der Waals surface area contributed by atoms with Gasteiger partial charge in [0.1, 0.15) is 13.1 Å². The third-order valence-electron chi connectivity index (χ3n) is 4.73. The van der Waals surface area contributed by atoms with Crippen LogP contribution in [0.2, 0.25) is 0 Å². The molecule has 0 unspecified atom stereocenters. The summed E-state index contributed by atoms with van der Waals surface area (Å²) in [5.74, 6) is 0. The molecule has 0 saturated heterocycles. The molecule has 4 heteroatoms. The van der Waals surface area contributed by atoms with E-state index in [9.17, 15) is 0 Å². The van der Waals surface area contributed by atoms with Gasteiger partial charge >= 0.3 is 0 Å². The molecule has 0 saturated carbocycles. The third-order valence-corrected chi connectivity index (χ3v) is 4.73. The number of aryl methyl sites for hydroxylation is 2. The van der Waals surface area contributed by atoms with Crippen molar-refractivity contribution < 1.29 is 22.5 Å². The molecule has 0 bridgehead atoms. The quantitative estimate of drug-likeness (QED) is 0.470. The van der Waals surface area contributed by atoms with Crippen molar-refractivity contribution in [3.63, 3.8) is 0 Å². The molecular formula is C23H25ClN2O. The van der Waals surface area contributed by atoms with Crippen LogP contribution in [0, 0.1) is 13.8 Å². The first-order valence-electron chi connectivity index (χ1n) is 8.77. The van der Waals surface area contributed by atoms with Crippen LogP contribution in [0.5, 0.6) is 0 Å². The normalized spacial score (nSPS) is 10.3. The Morgan fingerprint density at radius 3 is 1.93 bits per heavy atom. The highest BCUT2D eigenvalue weighted by atomic mass is 35.5. The molecule has 0 aliphatic rings. The molecule has 0 aliphatic heterocycles. The van der Waals surface area contributed by atoms with Crippen molar-refractivity contribution in [3.8, 4) is 0 Å². The van der Waals surface area contributed by atoms with Crippen LogP contribution in [0.15, 0.2) is 79.1 Å².